The van der Waals surface area contributed by atoms with Gasteiger partial charge in [0.15, 0.2) is 17.8 Å². The van der Waals surface area contributed by atoms with Crippen LogP contribution in [0.1, 0.15) is 77.1 Å². The van der Waals surface area contributed by atoms with E-state index in [1.807, 2.05) is 162 Å². The SMILES string of the molecule is CCOC(=O)C(=O)CCc1cc(-c2cnn(C)c2)ccn1.CCOC(=O)c1ncc2cc(-c3cnn(C)c3)ccn12.Cn1cc(-c2ccn3c(C(=O)C[C@@H]4CCN(C#N)C4)ncc3c2)cn1.Cn1cc(-c2ccnc(C#N)c2)cn1.Cn1cc(-c2ccnc(CN)c2)cn1.N#Cc1cc(Br)ccn1. The molecule has 14 heterocycles. The Morgan fingerprint density at radius 3 is 1.40 bits per heavy atom. The van der Waals surface area contributed by atoms with Crippen molar-refractivity contribution in [1.29, 1.82) is 15.8 Å². The van der Waals surface area contributed by atoms with E-state index in [9.17, 15) is 19.2 Å². The van der Waals surface area contributed by atoms with Crippen LogP contribution in [-0.2, 0) is 67.3 Å². The van der Waals surface area contributed by atoms with E-state index in [4.69, 9.17) is 26.3 Å². The first kappa shape index (κ1) is 74.2. The first-order chi connectivity index (χ1) is 49.8. The lowest BCUT2D eigenvalue weighted by molar-refractivity contribution is -0.153. The highest BCUT2D eigenvalue weighted by Crippen LogP contribution is 2.26. The van der Waals surface area contributed by atoms with Gasteiger partial charge in [-0.3, -0.25) is 51.8 Å². The van der Waals surface area contributed by atoms with E-state index in [1.165, 1.54) is 0 Å². The Morgan fingerprint density at radius 2 is 0.961 bits per heavy atom. The molecule has 1 aliphatic rings. The smallest absolute Gasteiger partial charge is 0.374 e. The van der Waals surface area contributed by atoms with Crippen LogP contribution in [0.4, 0.5) is 0 Å². The molecule has 1 atom stereocenters. The molecule has 30 heteroatoms. The van der Waals surface area contributed by atoms with Crippen LogP contribution < -0.4 is 5.73 Å². The molecule has 522 valence electrons. The second kappa shape index (κ2) is 36.2. The van der Waals surface area contributed by atoms with Crippen molar-refractivity contribution in [3.8, 4) is 74.0 Å². The number of esters is 2. The first-order valence-electron chi connectivity index (χ1n) is 32.3. The van der Waals surface area contributed by atoms with Crippen molar-refractivity contribution in [3.05, 3.63) is 223 Å². The van der Waals surface area contributed by atoms with Gasteiger partial charge in [-0.1, -0.05) is 15.9 Å². The van der Waals surface area contributed by atoms with Crippen LogP contribution in [0.2, 0.25) is 0 Å². The van der Waals surface area contributed by atoms with Gasteiger partial charge >= 0.3 is 11.9 Å². The minimum atomic E-state index is -0.777. The molecule has 0 bridgehead atoms. The summed E-state index contributed by atoms with van der Waals surface area (Å²) < 4.78 is 22.8. The average Bonchev–Trinajstić information content (AvgIpc) is 1.66. The van der Waals surface area contributed by atoms with Crippen LogP contribution in [0.3, 0.4) is 0 Å². The molecule has 1 fully saturated rings. The van der Waals surface area contributed by atoms with Crippen molar-refractivity contribution < 1.29 is 28.7 Å². The maximum atomic E-state index is 12.6. The lowest BCUT2D eigenvalue weighted by Crippen LogP contribution is -2.17. The van der Waals surface area contributed by atoms with Crippen molar-refractivity contribution in [2.24, 2.45) is 46.9 Å². The van der Waals surface area contributed by atoms with E-state index in [-0.39, 0.29) is 24.7 Å². The van der Waals surface area contributed by atoms with Crippen LogP contribution in [0.5, 0.6) is 0 Å². The lowest BCUT2D eigenvalue weighted by atomic mass is 10.0. The Labute approximate surface area is 600 Å². The molecule has 1 aliphatic heterocycles. The number of ether oxygens (including phenoxy) is 2. The minimum absolute atomic E-state index is 0.0268. The molecule has 0 spiro atoms. The van der Waals surface area contributed by atoms with Gasteiger partial charge in [-0.05, 0) is 133 Å². The number of hydrogen-bond acceptors (Lipinski definition) is 22. The van der Waals surface area contributed by atoms with Crippen molar-refractivity contribution >= 4 is 50.5 Å². The van der Waals surface area contributed by atoms with Crippen LogP contribution in [0.25, 0.3) is 66.7 Å². The zero-order valence-corrected chi connectivity index (χ0v) is 59.1. The van der Waals surface area contributed by atoms with E-state index in [1.54, 1.807) is 121 Å². The summed E-state index contributed by atoms with van der Waals surface area (Å²) in [6, 6.07) is 26.6. The minimum Gasteiger partial charge on any atom is -0.460 e. The number of hydrogen-bond donors (Lipinski definition) is 1. The molecule has 29 nitrogen and oxygen atoms in total. The number of nitrogens with two attached hydrogens (primary N) is 1. The molecule has 0 saturated carbocycles. The summed E-state index contributed by atoms with van der Waals surface area (Å²) in [6.07, 6.45) is 36.4. The number of aryl methyl sites for hydroxylation is 6. The molecule has 103 heavy (non-hydrogen) atoms. The average molecular weight is 1450 g/mol. The third-order valence-electron chi connectivity index (χ3n) is 15.5. The zero-order valence-electron chi connectivity index (χ0n) is 57.5. The highest BCUT2D eigenvalue weighted by molar-refractivity contribution is 9.10. The van der Waals surface area contributed by atoms with Gasteiger partial charge in [-0.25, -0.2) is 29.5 Å². The highest BCUT2D eigenvalue weighted by atomic mass is 79.9. The topological polar surface area (TPSA) is 363 Å². The Bertz CT molecular complexity index is 5190. The molecular formula is C73H72BrN23O6. The molecule has 13 aromatic rings. The number of nitrogens with zero attached hydrogens (tertiary/aromatic N) is 22. The van der Waals surface area contributed by atoms with Gasteiger partial charge in [-0.15, -0.1) is 0 Å². The van der Waals surface area contributed by atoms with Crippen LogP contribution >= 0.6 is 15.9 Å². The van der Waals surface area contributed by atoms with Crippen LogP contribution in [0, 0.1) is 40.0 Å². The summed E-state index contributed by atoms with van der Waals surface area (Å²) in [6.45, 7) is 5.86. The van der Waals surface area contributed by atoms with Gasteiger partial charge in [0.05, 0.1) is 73.3 Å². The van der Waals surface area contributed by atoms with E-state index in [0.29, 0.717) is 55.6 Å². The van der Waals surface area contributed by atoms with E-state index in [0.717, 1.165) is 95.5 Å². The quantitative estimate of drug-likeness (QED) is 0.0407. The predicted molar refractivity (Wildman–Crippen MR) is 384 cm³/mol. The van der Waals surface area contributed by atoms with Gasteiger partial charge in [0.1, 0.15) is 23.5 Å². The molecular weight excluding hydrogens is 1370 g/mol. The molecule has 0 radical (unpaired) electrons. The number of fused-ring (bicyclic) bond motifs is 2. The molecule has 1 saturated heterocycles. The third-order valence-corrected chi connectivity index (χ3v) is 16.0. The number of imidazole rings is 2. The predicted octanol–water partition coefficient (Wildman–Crippen LogP) is 9.58. The summed E-state index contributed by atoms with van der Waals surface area (Å²) in [5, 5.41) is 46.6. The van der Waals surface area contributed by atoms with E-state index < -0.39 is 17.7 Å². The molecule has 0 aliphatic carbocycles. The standard InChI is InChI=1S/C18H18N6O.C15H17N3O3.C14H14N4O2.C10H12N4.C10H8N4.C6H3BrN2/c1-22-11-15(8-21-22)14-3-5-24-16(7-14)9-20-18(24)17(25)6-13-2-4-23(10-13)12-19;1-3-21-15(20)14(19)5-4-13-8-11(6-7-16-13)12-9-17-18(2)10-12;1-3-20-14(19)13-15-8-12-6-10(4-5-18(12)13)11-7-16-17(2)9-11;2*1-14-7-9(6-13-14)8-2-3-12-10(4-8)5-11;7-5-1-2-9-6(3-5)4-8/h3,5,7-9,11,13H,2,4,6,10H2,1H3;6-10H,3-5H2,1-2H3;4-9H,3H2,1-2H3;2-4,6-7H,5,11H2,1H3;2-4,6-7H,1H3;1-3H/t13-;;;;;/m0...../s1. The lowest BCUT2D eigenvalue weighted by Gasteiger charge is -2.08. The summed E-state index contributed by atoms with van der Waals surface area (Å²) >= 11 is 3.21. The largest absolute Gasteiger partial charge is 0.460 e. The summed E-state index contributed by atoms with van der Waals surface area (Å²) in [7, 11) is 9.36. The number of carbonyl (C=O) groups excluding carboxylic acids is 4. The molecule has 0 aromatic carbocycles. The maximum Gasteiger partial charge on any atom is 0.374 e. The van der Waals surface area contributed by atoms with Crippen molar-refractivity contribution in [3.63, 3.8) is 0 Å². The van der Waals surface area contributed by atoms with Crippen molar-refractivity contribution in [2.75, 3.05) is 26.3 Å². The van der Waals surface area contributed by atoms with Gasteiger partial charge in [0.2, 0.25) is 11.6 Å². The van der Waals surface area contributed by atoms with Gasteiger partial charge < -0.3 is 20.1 Å². The van der Waals surface area contributed by atoms with Gasteiger partial charge in [0, 0.05) is 174 Å². The number of Topliss-reactive ketones (excluding diaryl/α,β-unsaturated/α-hetero) is 2. The van der Waals surface area contributed by atoms with E-state index in [2.05, 4.69) is 82.3 Å². The molecule has 14 rings (SSSR count). The van der Waals surface area contributed by atoms with Crippen LogP contribution in [0.15, 0.2) is 189 Å². The Balaban J connectivity index is 0.000000147. The molecule has 13 aromatic heterocycles. The summed E-state index contributed by atoms with van der Waals surface area (Å²) in [5.74, 6) is -0.705. The highest BCUT2D eigenvalue weighted by Gasteiger charge is 2.26. The monoisotopic (exact) mass is 1450 g/mol. The number of likely N-dealkylation sites (tertiary alicyclic amines) is 1. The fraction of sp³-hybridized carbons (Fsp3) is 0.233. The van der Waals surface area contributed by atoms with Crippen molar-refractivity contribution in [1.82, 2.24) is 92.5 Å². The van der Waals surface area contributed by atoms with Gasteiger partial charge in [0.25, 0.3) is 0 Å². The number of rotatable bonds is 16. The third kappa shape index (κ3) is 20.8. The number of halogens is 1. The van der Waals surface area contributed by atoms with Crippen LogP contribution in [-0.4, -0.2) is 142 Å². The number of nitriles is 3. The fourth-order valence-electron chi connectivity index (χ4n) is 10.5. The Hall–Kier alpha value is -13.0. The summed E-state index contributed by atoms with van der Waals surface area (Å²) in [4.78, 5) is 73.4. The molecule has 2 N–H and O–H groups in total. The Kier molecular flexibility index (Phi) is 26.1. The number of aromatic nitrogens is 18. The first-order valence-corrected chi connectivity index (χ1v) is 33.1. The van der Waals surface area contributed by atoms with Crippen molar-refractivity contribution in [2.45, 2.75) is 46.1 Å². The van der Waals surface area contributed by atoms with Gasteiger partial charge in [-0.2, -0.15) is 41.3 Å². The second-order valence-electron chi connectivity index (χ2n) is 23.1. The fourth-order valence-corrected chi connectivity index (χ4v) is 10.8. The summed E-state index contributed by atoms with van der Waals surface area (Å²) in [5.41, 5.74) is 20.0. The maximum absolute atomic E-state index is 12.6. The molecule has 0 amide bonds. The normalized spacial score (nSPS) is 11.9. The number of carbonyl (C=O) groups is 4. The molecule has 0 unspecified atom stereocenters. The zero-order chi connectivity index (χ0) is 73.4. The number of ketones is 2. The Morgan fingerprint density at radius 1 is 0.524 bits per heavy atom. The van der Waals surface area contributed by atoms with E-state index >= 15 is 0 Å². The number of pyridine rings is 6. The second-order valence-corrected chi connectivity index (χ2v) is 24.0.